The SMILES string of the molecule is C=CC=C.c1ccc([PH][Ti]2([CH]3c4ccccc4-c4ccccc43)[CH2][CH2]2)cc1. The van der Waals surface area contributed by atoms with Gasteiger partial charge in [-0.3, -0.25) is 0 Å². The van der Waals surface area contributed by atoms with E-state index in [9.17, 15) is 0 Å². The molecule has 0 amide bonds. The molecule has 1 unspecified atom stereocenters. The molecule has 1 aliphatic carbocycles. The van der Waals surface area contributed by atoms with E-state index in [1.54, 1.807) is 38.0 Å². The van der Waals surface area contributed by atoms with Gasteiger partial charge in [-0.05, 0) is 0 Å². The molecule has 2 heteroatoms. The van der Waals surface area contributed by atoms with Gasteiger partial charge in [0.05, 0.1) is 0 Å². The Kier molecular flexibility index (Phi) is 5.60. The summed E-state index contributed by atoms with van der Waals surface area (Å²) < 4.78 is 3.85. The Morgan fingerprint density at radius 1 is 0.704 bits per heavy atom. The van der Waals surface area contributed by atoms with Crippen LogP contribution in [0.25, 0.3) is 11.1 Å². The predicted octanol–water partition coefficient (Wildman–Crippen LogP) is 7.04. The molecule has 0 bridgehead atoms. The van der Waals surface area contributed by atoms with Crippen LogP contribution < -0.4 is 5.30 Å². The van der Waals surface area contributed by atoms with Gasteiger partial charge in [-0.1, -0.05) is 25.3 Å². The molecular formula is C25H25PTi. The van der Waals surface area contributed by atoms with E-state index in [1.807, 2.05) is 0 Å². The van der Waals surface area contributed by atoms with Crippen molar-refractivity contribution in [3.8, 4) is 11.1 Å². The molecule has 27 heavy (non-hydrogen) atoms. The fraction of sp³-hybridized carbons (Fsp3) is 0.120. The Bertz CT molecular complexity index is 905. The van der Waals surface area contributed by atoms with E-state index >= 15 is 0 Å². The third-order valence-corrected chi connectivity index (χ3v) is 18.7. The van der Waals surface area contributed by atoms with Gasteiger partial charge in [0.1, 0.15) is 0 Å². The van der Waals surface area contributed by atoms with Gasteiger partial charge in [0.15, 0.2) is 0 Å². The molecule has 0 N–H and O–H groups in total. The summed E-state index contributed by atoms with van der Waals surface area (Å²) in [5.74, 6) is 0. The zero-order valence-electron chi connectivity index (χ0n) is 15.6. The standard InChI is InChI=1S/C13H9.C6H6P.C4H6.C2H4.Ti/c1-3-7-12-10(5-1)9-11-6-2-4-8-13(11)12;7-6-4-2-1-3-5-6;1-3-4-2;1-2;/h1-9H;1-5,7H;3-4H,1-2H2;1-2H2;/q;-1;;;+1. The molecule has 0 radical (unpaired) electrons. The van der Waals surface area contributed by atoms with E-state index in [0.717, 1.165) is 10.8 Å². The van der Waals surface area contributed by atoms with Crippen LogP contribution in [0.15, 0.2) is 104 Å². The molecule has 0 saturated carbocycles. The van der Waals surface area contributed by atoms with Crippen molar-refractivity contribution in [1.29, 1.82) is 0 Å². The average Bonchev–Trinajstić information content (AvgIpc) is 3.41. The van der Waals surface area contributed by atoms with Crippen molar-refractivity contribution in [2.45, 2.75) is 13.7 Å². The van der Waals surface area contributed by atoms with Crippen LogP contribution in [0.5, 0.6) is 0 Å². The van der Waals surface area contributed by atoms with Gasteiger partial charge in [-0.15, -0.1) is 0 Å². The van der Waals surface area contributed by atoms with Crippen molar-refractivity contribution in [3.05, 3.63) is 115 Å². The number of allylic oxidation sites excluding steroid dienone is 2. The summed E-state index contributed by atoms with van der Waals surface area (Å²) in [5.41, 5.74) is 6.27. The molecule has 1 atom stereocenters. The zero-order chi connectivity index (χ0) is 18.7. The number of fused-ring (bicyclic) bond motifs is 3. The summed E-state index contributed by atoms with van der Waals surface area (Å²) in [5, 5.41) is 1.59. The molecule has 134 valence electrons. The van der Waals surface area contributed by atoms with Gasteiger partial charge in [-0.25, -0.2) is 0 Å². The summed E-state index contributed by atoms with van der Waals surface area (Å²) in [6, 6.07) is 29.6. The molecule has 0 aromatic heterocycles. The number of benzene rings is 3. The van der Waals surface area contributed by atoms with Crippen molar-refractivity contribution in [3.63, 3.8) is 0 Å². The summed E-state index contributed by atoms with van der Waals surface area (Å²) >= 11 is -1.83. The molecule has 0 spiro atoms. The fourth-order valence-electron chi connectivity index (χ4n) is 4.18. The van der Waals surface area contributed by atoms with Gasteiger partial charge in [0, 0.05) is 0 Å². The summed E-state index contributed by atoms with van der Waals surface area (Å²) in [7, 11) is 0. The van der Waals surface area contributed by atoms with Crippen LogP contribution in [-0.2, 0) is 16.1 Å². The molecule has 1 heterocycles. The van der Waals surface area contributed by atoms with Crippen molar-refractivity contribution in [1.82, 2.24) is 0 Å². The second kappa shape index (κ2) is 8.11. The monoisotopic (exact) mass is 404 g/mol. The molecule has 0 nitrogen and oxygen atoms in total. The molecular weight excluding hydrogens is 379 g/mol. The fourth-order valence-corrected chi connectivity index (χ4v) is 19.9. The van der Waals surface area contributed by atoms with Crippen LogP contribution in [0.1, 0.15) is 15.3 Å². The van der Waals surface area contributed by atoms with E-state index in [1.165, 1.54) is 11.1 Å². The number of rotatable bonds is 4. The van der Waals surface area contributed by atoms with E-state index < -0.39 is 16.1 Å². The van der Waals surface area contributed by atoms with Gasteiger partial charge in [0.2, 0.25) is 0 Å². The zero-order valence-corrected chi connectivity index (χ0v) is 18.1. The van der Waals surface area contributed by atoms with Gasteiger partial charge < -0.3 is 0 Å². The van der Waals surface area contributed by atoms with Crippen molar-refractivity contribution < 1.29 is 16.1 Å². The molecule has 2 aliphatic rings. The van der Waals surface area contributed by atoms with Crippen LogP contribution in [0.2, 0.25) is 9.45 Å². The van der Waals surface area contributed by atoms with Crippen LogP contribution in [0.3, 0.4) is 0 Å². The van der Waals surface area contributed by atoms with Crippen LogP contribution in [-0.4, -0.2) is 0 Å². The Labute approximate surface area is 167 Å². The average molecular weight is 404 g/mol. The van der Waals surface area contributed by atoms with E-state index in [2.05, 4.69) is 92.0 Å². The van der Waals surface area contributed by atoms with Crippen LogP contribution in [0.4, 0.5) is 0 Å². The minimum atomic E-state index is -1.83. The maximum absolute atomic E-state index is 3.36. The third kappa shape index (κ3) is 3.67. The summed E-state index contributed by atoms with van der Waals surface area (Å²) in [6.07, 6.45) is 3.28. The van der Waals surface area contributed by atoms with Gasteiger partial charge in [0.25, 0.3) is 0 Å². The van der Waals surface area contributed by atoms with Crippen molar-refractivity contribution >= 4 is 11.9 Å². The van der Waals surface area contributed by atoms with Gasteiger partial charge in [-0.2, -0.15) is 0 Å². The summed E-state index contributed by atoms with van der Waals surface area (Å²) in [4.78, 5) is 0. The van der Waals surface area contributed by atoms with Gasteiger partial charge >= 0.3 is 143 Å². The van der Waals surface area contributed by atoms with E-state index in [4.69, 9.17) is 0 Å². The van der Waals surface area contributed by atoms with Crippen molar-refractivity contribution in [2.75, 3.05) is 0 Å². The first-order valence-corrected chi connectivity index (χ1v) is 16.0. The van der Waals surface area contributed by atoms with Crippen LogP contribution in [0, 0.1) is 0 Å². The predicted molar refractivity (Wildman–Crippen MR) is 118 cm³/mol. The third-order valence-electron chi connectivity index (χ3n) is 5.51. The first kappa shape index (κ1) is 18.6. The van der Waals surface area contributed by atoms with Crippen LogP contribution >= 0.6 is 6.57 Å². The Morgan fingerprint density at radius 3 is 1.67 bits per heavy atom. The Balaban J connectivity index is 0.000000413. The number of hydrogen-bond acceptors (Lipinski definition) is 0. The second-order valence-corrected chi connectivity index (χ2v) is 19.4. The molecule has 1 fully saturated rings. The first-order chi connectivity index (χ1) is 13.3. The summed E-state index contributed by atoms with van der Waals surface area (Å²) in [6.45, 7) is 7.81. The van der Waals surface area contributed by atoms with E-state index in [0.29, 0.717) is 0 Å². The molecule has 5 rings (SSSR count). The number of hydrogen-bond donors (Lipinski definition) is 0. The van der Waals surface area contributed by atoms with E-state index in [-0.39, 0.29) is 0 Å². The first-order valence-electron chi connectivity index (χ1n) is 9.54. The maximum atomic E-state index is 3.36. The molecule has 1 saturated heterocycles. The quantitative estimate of drug-likeness (QED) is 0.249. The molecule has 1 aliphatic heterocycles. The normalized spacial score (nSPS) is 16.1. The second-order valence-electron chi connectivity index (χ2n) is 7.23. The molecule has 3 aromatic rings. The Morgan fingerprint density at radius 2 is 1.19 bits per heavy atom. The Hall–Kier alpha value is -1.72. The minimum absolute atomic E-state index is 0.765. The van der Waals surface area contributed by atoms with Crippen molar-refractivity contribution in [2.24, 2.45) is 0 Å². The topological polar surface area (TPSA) is 0 Å². The molecule has 3 aromatic carbocycles.